The van der Waals surface area contributed by atoms with Gasteiger partial charge in [-0.05, 0) is 24.3 Å². The molecule has 2 rings (SSSR count). The number of H-pyrrole nitrogens is 1. The zero-order chi connectivity index (χ0) is 13.1. The Bertz CT molecular complexity index is 652. The summed E-state index contributed by atoms with van der Waals surface area (Å²) in [5.74, 6) is -0.458. The lowest BCUT2D eigenvalue weighted by molar-refractivity contribution is 0.102. The first-order valence-corrected chi connectivity index (χ1v) is 5.50. The van der Waals surface area contributed by atoms with E-state index < -0.39 is 5.91 Å². The number of benzene rings is 1. The molecular weight excluding hydrogens is 254 g/mol. The van der Waals surface area contributed by atoms with E-state index in [1.54, 1.807) is 18.2 Å². The van der Waals surface area contributed by atoms with Crippen LogP contribution in [0.2, 0.25) is 5.02 Å². The van der Waals surface area contributed by atoms with Crippen molar-refractivity contribution in [2.75, 3.05) is 11.1 Å². The Balaban J connectivity index is 2.26. The molecule has 1 amide bonds. The van der Waals surface area contributed by atoms with Gasteiger partial charge in [0.05, 0.1) is 10.7 Å². The van der Waals surface area contributed by atoms with E-state index in [4.69, 9.17) is 17.3 Å². The van der Waals surface area contributed by atoms with Crippen LogP contribution in [0.15, 0.2) is 41.2 Å². The third-order valence-corrected chi connectivity index (χ3v) is 2.58. The van der Waals surface area contributed by atoms with Crippen LogP contribution in [-0.4, -0.2) is 10.9 Å². The SMILES string of the molecule is Nc1ccc(Cl)c(NC(=O)c2cccc(=O)[nH]2)c1. The largest absolute Gasteiger partial charge is 0.399 e. The molecule has 0 unspecified atom stereocenters. The highest BCUT2D eigenvalue weighted by molar-refractivity contribution is 6.34. The number of aromatic nitrogens is 1. The number of hydrogen-bond donors (Lipinski definition) is 3. The van der Waals surface area contributed by atoms with Gasteiger partial charge in [-0.25, -0.2) is 0 Å². The molecule has 0 aliphatic carbocycles. The van der Waals surface area contributed by atoms with Crippen molar-refractivity contribution >= 4 is 28.9 Å². The number of halogens is 1. The standard InChI is InChI=1S/C12H10ClN3O2/c13-8-5-4-7(14)6-10(8)16-12(18)9-2-1-3-11(17)15-9/h1-6H,14H2,(H,15,17)(H,16,18). The average Bonchev–Trinajstić information content (AvgIpc) is 2.34. The molecule has 0 spiro atoms. The predicted molar refractivity (Wildman–Crippen MR) is 70.9 cm³/mol. The number of nitrogens with one attached hydrogen (secondary N) is 2. The van der Waals surface area contributed by atoms with Crippen LogP contribution in [0, 0.1) is 0 Å². The minimum Gasteiger partial charge on any atom is -0.399 e. The molecule has 0 saturated carbocycles. The monoisotopic (exact) mass is 263 g/mol. The molecule has 0 aliphatic rings. The fourth-order valence-corrected chi connectivity index (χ4v) is 1.57. The first-order valence-electron chi connectivity index (χ1n) is 5.12. The summed E-state index contributed by atoms with van der Waals surface area (Å²) in [6.45, 7) is 0. The van der Waals surface area contributed by atoms with Gasteiger partial charge in [0, 0.05) is 11.8 Å². The maximum atomic E-state index is 11.8. The maximum absolute atomic E-state index is 11.8. The van der Waals surface area contributed by atoms with Gasteiger partial charge < -0.3 is 16.0 Å². The lowest BCUT2D eigenvalue weighted by Crippen LogP contribution is -2.18. The molecule has 0 atom stereocenters. The molecule has 4 N–H and O–H groups in total. The summed E-state index contributed by atoms with van der Waals surface area (Å²) in [4.78, 5) is 25.4. The van der Waals surface area contributed by atoms with Gasteiger partial charge in [-0.15, -0.1) is 0 Å². The minimum absolute atomic E-state index is 0.154. The first-order chi connectivity index (χ1) is 8.56. The fourth-order valence-electron chi connectivity index (χ4n) is 1.41. The van der Waals surface area contributed by atoms with E-state index in [0.29, 0.717) is 16.4 Å². The number of nitrogens with two attached hydrogens (primary N) is 1. The smallest absolute Gasteiger partial charge is 0.272 e. The lowest BCUT2D eigenvalue weighted by Gasteiger charge is -2.07. The molecule has 0 saturated heterocycles. The molecule has 0 radical (unpaired) electrons. The van der Waals surface area contributed by atoms with E-state index in [1.807, 2.05) is 0 Å². The molecule has 2 aromatic rings. The number of carbonyl (C=O) groups excluding carboxylic acids is 1. The number of nitrogen functional groups attached to an aromatic ring is 1. The zero-order valence-corrected chi connectivity index (χ0v) is 9.99. The number of amides is 1. The van der Waals surface area contributed by atoms with Gasteiger partial charge in [-0.1, -0.05) is 17.7 Å². The normalized spacial score (nSPS) is 10.1. The minimum atomic E-state index is -0.458. The van der Waals surface area contributed by atoms with Crippen molar-refractivity contribution in [3.8, 4) is 0 Å². The van der Waals surface area contributed by atoms with Gasteiger partial charge in [0.25, 0.3) is 5.91 Å². The number of aromatic amines is 1. The van der Waals surface area contributed by atoms with Crippen LogP contribution in [0.1, 0.15) is 10.5 Å². The van der Waals surface area contributed by atoms with Crippen LogP contribution in [0.25, 0.3) is 0 Å². The summed E-state index contributed by atoms with van der Waals surface area (Å²) >= 11 is 5.92. The Labute approximate surface area is 108 Å². The molecule has 92 valence electrons. The molecule has 6 heteroatoms. The van der Waals surface area contributed by atoms with Gasteiger partial charge in [0.2, 0.25) is 5.56 Å². The summed E-state index contributed by atoms with van der Waals surface area (Å²) in [7, 11) is 0. The first kappa shape index (κ1) is 12.2. The Morgan fingerprint density at radius 1 is 1.28 bits per heavy atom. The number of hydrogen-bond acceptors (Lipinski definition) is 3. The highest BCUT2D eigenvalue weighted by atomic mass is 35.5. The van der Waals surface area contributed by atoms with Crippen molar-refractivity contribution < 1.29 is 4.79 Å². The van der Waals surface area contributed by atoms with E-state index in [2.05, 4.69) is 10.3 Å². The Kier molecular flexibility index (Phi) is 3.34. The van der Waals surface area contributed by atoms with E-state index in [9.17, 15) is 9.59 Å². The number of rotatable bonds is 2. The number of carbonyl (C=O) groups is 1. The van der Waals surface area contributed by atoms with Gasteiger partial charge >= 0.3 is 0 Å². The van der Waals surface area contributed by atoms with Gasteiger partial charge in [-0.3, -0.25) is 9.59 Å². The zero-order valence-electron chi connectivity index (χ0n) is 9.24. The molecule has 1 heterocycles. The quantitative estimate of drug-likeness (QED) is 0.723. The van der Waals surface area contributed by atoms with Crippen LogP contribution in [0.5, 0.6) is 0 Å². The summed E-state index contributed by atoms with van der Waals surface area (Å²) < 4.78 is 0. The lowest BCUT2D eigenvalue weighted by atomic mass is 10.2. The second-order valence-electron chi connectivity index (χ2n) is 3.62. The van der Waals surface area contributed by atoms with Crippen molar-refractivity contribution in [3.05, 3.63) is 57.5 Å². The van der Waals surface area contributed by atoms with Crippen LogP contribution in [0.4, 0.5) is 11.4 Å². The Morgan fingerprint density at radius 2 is 2.06 bits per heavy atom. The summed E-state index contributed by atoms with van der Waals surface area (Å²) in [5, 5.41) is 2.94. The van der Waals surface area contributed by atoms with Crippen molar-refractivity contribution in [2.24, 2.45) is 0 Å². The van der Waals surface area contributed by atoms with Crippen LogP contribution >= 0.6 is 11.6 Å². The molecule has 5 nitrogen and oxygen atoms in total. The fraction of sp³-hybridized carbons (Fsp3) is 0. The third kappa shape index (κ3) is 2.70. The van der Waals surface area contributed by atoms with Crippen LogP contribution in [-0.2, 0) is 0 Å². The summed E-state index contributed by atoms with van der Waals surface area (Å²) in [6, 6.07) is 9.07. The topological polar surface area (TPSA) is 88.0 Å². The second-order valence-corrected chi connectivity index (χ2v) is 4.03. The molecule has 1 aromatic carbocycles. The van der Waals surface area contributed by atoms with E-state index in [1.165, 1.54) is 18.2 Å². The molecule has 1 aromatic heterocycles. The average molecular weight is 264 g/mol. The maximum Gasteiger partial charge on any atom is 0.272 e. The number of anilines is 2. The molecular formula is C12H10ClN3O2. The highest BCUT2D eigenvalue weighted by Gasteiger charge is 2.09. The van der Waals surface area contributed by atoms with E-state index in [0.717, 1.165) is 0 Å². The van der Waals surface area contributed by atoms with Crippen molar-refractivity contribution in [1.82, 2.24) is 4.98 Å². The van der Waals surface area contributed by atoms with Crippen LogP contribution < -0.4 is 16.6 Å². The summed E-state index contributed by atoms with van der Waals surface area (Å²) in [5.41, 5.74) is 6.28. The van der Waals surface area contributed by atoms with Gasteiger partial charge in [0.15, 0.2) is 0 Å². The Hall–Kier alpha value is -2.27. The van der Waals surface area contributed by atoms with E-state index >= 15 is 0 Å². The van der Waals surface area contributed by atoms with Crippen molar-refractivity contribution in [2.45, 2.75) is 0 Å². The van der Waals surface area contributed by atoms with Gasteiger partial charge in [-0.2, -0.15) is 0 Å². The number of pyridine rings is 1. The molecule has 0 bridgehead atoms. The highest BCUT2D eigenvalue weighted by Crippen LogP contribution is 2.24. The molecule has 0 fully saturated rings. The summed E-state index contributed by atoms with van der Waals surface area (Å²) in [6.07, 6.45) is 0. The predicted octanol–water partition coefficient (Wildman–Crippen LogP) is 1.86. The van der Waals surface area contributed by atoms with E-state index in [-0.39, 0.29) is 11.3 Å². The molecule has 0 aliphatic heterocycles. The van der Waals surface area contributed by atoms with Crippen molar-refractivity contribution in [1.29, 1.82) is 0 Å². The molecule has 18 heavy (non-hydrogen) atoms. The van der Waals surface area contributed by atoms with Crippen LogP contribution in [0.3, 0.4) is 0 Å². The second kappa shape index (κ2) is 4.93. The Morgan fingerprint density at radius 3 is 2.78 bits per heavy atom. The third-order valence-electron chi connectivity index (χ3n) is 2.25. The van der Waals surface area contributed by atoms with Crippen molar-refractivity contribution in [3.63, 3.8) is 0 Å². The van der Waals surface area contributed by atoms with Gasteiger partial charge in [0.1, 0.15) is 5.69 Å².